The minimum absolute atomic E-state index is 0.640. The summed E-state index contributed by atoms with van der Waals surface area (Å²) in [6.07, 6.45) is 1.15. The average Bonchev–Trinajstić information content (AvgIpc) is 2.93. The van der Waals surface area contributed by atoms with Gasteiger partial charge in [-0.05, 0) is 48.2 Å². The first kappa shape index (κ1) is 14.6. The lowest BCUT2D eigenvalue weighted by Crippen LogP contribution is -2.14. The van der Waals surface area contributed by atoms with Crippen LogP contribution in [0, 0.1) is 0 Å². The van der Waals surface area contributed by atoms with E-state index in [1.165, 1.54) is 10.4 Å². The molecule has 0 bridgehead atoms. The van der Waals surface area contributed by atoms with Crippen molar-refractivity contribution in [1.29, 1.82) is 0 Å². The molecule has 0 atom stereocenters. The Morgan fingerprint density at radius 2 is 2.21 bits per heavy atom. The topological polar surface area (TPSA) is 21.3 Å². The van der Waals surface area contributed by atoms with Gasteiger partial charge in [-0.25, -0.2) is 0 Å². The van der Waals surface area contributed by atoms with E-state index >= 15 is 0 Å². The van der Waals surface area contributed by atoms with Gasteiger partial charge in [0.2, 0.25) is 0 Å². The fourth-order valence-corrected chi connectivity index (χ4v) is 2.73. The summed E-state index contributed by atoms with van der Waals surface area (Å²) in [4.78, 5) is 1.24. The van der Waals surface area contributed by atoms with E-state index in [1.54, 1.807) is 11.3 Å². The van der Waals surface area contributed by atoms with Gasteiger partial charge >= 0.3 is 0 Å². The summed E-state index contributed by atoms with van der Waals surface area (Å²) in [7, 11) is 0. The van der Waals surface area contributed by atoms with E-state index < -0.39 is 0 Å². The lowest BCUT2D eigenvalue weighted by Gasteiger charge is -2.10. The van der Waals surface area contributed by atoms with E-state index in [1.807, 2.05) is 18.2 Å². The highest BCUT2D eigenvalue weighted by atomic mass is 79.9. The van der Waals surface area contributed by atoms with Crippen molar-refractivity contribution in [3.8, 4) is 5.75 Å². The van der Waals surface area contributed by atoms with Crippen LogP contribution in [0.1, 0.15) is 23.8 Å². The average molecular weight is 340 g/mol. The number of rotatable bonds is 7. The fraction of sp³-hybridized carbons (Fsp3) is 0.333. The third kappa shape index (κ3) is 4.64. The Hall–Kier alpha value is -0.840. The number of halogens is 1. The van der Waals surface area contributed by atoms with E-state index in [4.69, 9.17) is 4.74 Å². The van der Waals surface area contributed by atoms with Crippen LogP contribution >= 0.6 is 27.3 Å². The maximum atomic E-state index is 5.81. The number of hydrogen-bond donors (Lipinski definition) is 1. The second-order valence-corrected chi connectivity index (χ2v) is 6.18. The maximum absolute atomic E-state index is 5.81. The SMILES string of the molecule is CCCNCc1cc(OCc2cccs2)ccc1Br. The number of hydrogen-bond acceptors (Lipinski definition) is 3. The zero-order chi connectivity index (χ0) is 13.5. The lowest BCUT2D eigenvalue weighted by atomic mass is 10.2. The molecular weight excluding hydrogens is 322 g/mol. The Kier molecular flexibility index (Phi) is 5.89. The largest absolute Gasteiger partial charge is 0.488 e. The molecule has 0 aliphatic carbocycles. The Balaban J connectivity index is 1.95. The van der Waals surface area contributed by atoms with E-state index in [0.717, 1.165) is 29.7 Å². The van der Waals surface area contributed by atoms with E-state index in [9.17, 15) is 0 Å². The van der Waals surface area contributed by atoms with Gasteiger partial charge in [-0.3, -0.25) is 0 Å². The highest BCUT2D eigenvalue weighted by molar-refractivity contribution is 9.10. The van der Waals surface area contributed by atoms with Crippen molar-refractivity contribution < 1.29 is 4.74 Å². The quantitative estimate of drug-likeness (QED) is 0.745. The van der Waals surface area contributed by atoms with Crippen LogP contribution in [0.4, 0.5) is 0 Å². The van der Waals surface area contributed by atoms with Crippen LogP contribution in [0.2, 0.25) is 0 Å². The number of thiophene rings is 1. The van der Waals surface area contributed by atoms with Gasteiger partial charge in [0.15, 0.2) is 0 Å². The third-order valence-electron chi connectivity index (χ3n) is 2.72. The molecule has 0 radical (unpaired) electrons. The van der Waals surface area contributed by atoms with Gasteiger partial charge in [-0.2, -0.15) is 0 Å². The molecule has 0 amide bonds. The minimum atomic E-state index is 0.640. The molecule has 0 unspecified atom stereocenters. The molecule has 0 spiro atoms. The summed E-state index contributed by atoms with van der Waals surface area (Å²) in [5, 5.41) is 5.48. The Labute approximate surface area is 126 Å². The van der Waals surface area contributed by atoms with Crippen LogP contribution in [0.15, 0.2) is 40.2 Å². The van der Waals surface area contributed by atoms with Crippen molar-refractivity contribution in [3.63, 3.8) is 0 Å². The molecular formula is C15H18BrNOS. The molecule has 0 saturated heterocycles. The second kappa shape index (κ2) is 7.68. The highest BCUT2D eigenvalue weighted by Crippen LogP contribution is 2.23. The molecule has 102 valence electrons. The summed E-state index contributed by atoms with van der Waals surface area (Å²) in [5.41, 5.74) is 1.23. The van der Waals surface area contributed by atoms with E-state index in [-0.39, 0.29) is 0 Å². The molecule has 19 heavy (non-hydrogen) atoms. The van der Waals surface area contributed by atoms with Crippen LogP contribution in [0.5, 0.6) is 5.75 Å². The normalized spacial score (nSPS) is 10.6. The van der Waals surface area contributed by atoms with Gasteiger partial charge < -0.3 is 10.1 Å². The van der Waals surface area contributed by atoms with Crippen molar-refractivity contribution >= 4 is 27.3 Å². The molecule has 2 rings (SSSR count). The van der Waals surface area contributed by atoms with E-state index in [0.29, 0.717) is 6.61 Å². The number of nitrogens with one attached hydrogen (secondary N) is 1. The zero-order valence-electron chi connectivity index (χ0n) is 11.0. The molecule has 4 heteroatoms. The lowest BCUT2D eigenvalue weighted by molar-refractivity contribution is 0.309. The molecule has 1 heterocycles. The fourth-order valence-electron chi connectivity index (χ4n) is 1.73. The first-order chi connectivity index (χ1) is 9.29. The van der Waals surface area contributed by atoms with Crippen molar-refractivity contribution in [2.75, 3.05) is 6.54 Å². The Morgan fingerprint density at radius 1 is 1.32 bits per heavy atom. The third-order valence-corrected chi connectivity index (χ3v) is 4.34. The summed E-state index contributed by atoms with van der Waals surface area (Å²) in [6, 6.07) is 10.3. The zero-order valence-corrected chi connectivity index (χ0v) is 13.4. The second-order valence-electron chi connectivity index (χ2n) is 4.30. The predicted octanol–water partition coefficient (Wildman–Crippen LogP) is 4.59. The first-order valence-corrected chi connectivity index (χ1v) is 8.11. The molecule has 0 aliphatic heterocycles. The molecule has 2 nitrogen and oxygen atoms in total. The van der Waals surface area contributed by atoms with Crippen LogP contribution in [-0.2, 0) is 13.2 Å². The molecule has 2 aromatic rings. The van der Waals surface area contributed by atoms with Crippen LogP contribution in [0.25, 0.3) is 0 Å². The van der Waals surface area contributed by atoms with E-state index in [2.05, 4.69) is 45.7 Å². The maximum Gasteiger partial charge on any atom is 0.122 e. The molecule has 1 aromatic heterocycles. The van der Waals surface area contributed by atoms with Gasteiger partial charge in [0.1, 0.15) is 12.4 Å². The van der Waals surface area contributed by atoms with Crippen molar-refractivity contribution in [2.24, 2.45) is 0 Å². The predicted molar refractivity (Wildman–Crippen MR) is 84.8 cm³/mol. The van der Waals surface area contributed by atoms with Crippen molar-refractivity contribution in [3.05, 3.63) is 50.6 Å². The summed E-state index contributed by atoms with van der Waals surface area (Å²) in [5.74, 6) is 0.921. The minimum Gasteiger partial charge on any atom is -0.488 e. The molecule has 0 saturated carbocycles. The van der Waals surface area contributed by atoms with Crippen LogP contribution in [-0.4, -0.2) is 6.54 Å². The molecule has 1 aromatic carbocycles. The summed E-state index contributed by atoms with van der Waals surface area (Å²) >= 11 is 5.30. The van der Waals surface area contributed by atoms with Gasteiger partial charge in [-0.15, -0.1) is 11.3 Å². The van der Waals surface area contributed by atoms with Gasteiger partial charge in [-0.1, -0.05) is 28.9 Å². The summed E-state index contributed by atoms with van der Waals surface area (Å²) < 4.78 is 6.94. The number of benzene rings is 1. The molecule has 0 fully saturated rings. The van der Waals surface area contributed by atoms with Crippen molar-refractivity contribution in [2.45, 2.75) is 26.5 Å². The van der Waals surface area contributed by atoms with Gasteiger partial charge in [0.05, 0.1) is 0 Å². The van der Waals surface area contributed by atoms with Gasteiger partial charge in [0.25, 0.3) is 0 Å². The summed E-state index contributed by atoms with van der Waals surface area (Å²) in [6.45, 7) is 4.71. The van der Waals surface area contributed by atoms with Crippen LogP contribution < -0.4 is 10.1 Å². The Bertz CT molecular complexity index is 499. The van der Waals surface area contributed by atoms with Gasteiger partial charge in [0, 0.05) is 15.9 Å². The first-order valence-electron chi connectivity index (χ1n) is 6.44. The standard InChI is InChI=1S/C15H18BrNOS/c1-2-7-17-10-12-9-13(5-6-15(12)16)18-11-14-4-3-8-19-14/h3-6,8-9,17H,2,7,10-11H2,1H3. The monoisotopic (exact) mass is 339 g/mol. The van der Waals surface area contributed by atoms with Crippen LogP contribution in [0.3, 0.4) is 0 Å². The van der Waals surface area contributed by atoms with Crippen molar-refractivity contribution in [1.82, 2.24) is 5.32 Å². The molecule has 0 aliphatic rings. The smallest absolute Gasteiger partial charge is 0.122 e. The Morgan fingerprint density at radius 3 is 2.95 bits per heavy atom. The highest BCUT2D eigenvalue weighted by Gasteiger charge is 2.03. The molecule has 1 N–H and O–H groups in total. The number of ether oxygens (including phenoxy) is 1.